The van der Waals surface area contributed by atoms with Crippen LogP contribution in [0.5, 0.6) is 5.75 Å². The fraction of sp³-hybridized carbons (Fsp3) is 0.611. The molecule has 3 fully saturated rings. The number of hydrogen-bond acceptors (Lipinski definition) is 4. The Morgan fingerprint density at radius 2 is 2.17 bits per heavy atom. The van der Waals surface area contributed by atoms with Gasteiger partial charge in [-0.1, -0.05) is 0 Å². The van der Waals surface area contributed by atoms with Crippen molar-refractivity contribution < 1.29 is 18.7 Å². The van der Waals surface area contributed by atoms with Crippen LogP contribution in [0, 0.1) is 11.7 Å². The number of rotatable bonds is 4. The summed E-state index contributed by atoms with van der Waals surface area (Å²) in [5, 5.41) is 3.16. The van der Waals surface area contributed by atoms with Crippen molar-refractivity contribution in [3.63, 3.8) is 0 Å². The van der Waals surface area contributed by atoms with Crippen LogP contribution in [0.2, 0.25) is 0 Å². The molecule has 2 aliphatic heterocycles. The molecule has 0 bridgehead atoms. The normalized spacial score (nSPS) is 32.2. The highest BCUT2D eigenvalue weighted by Gasteiger charge is 2.56. The van der Waals surface area contributed by atoms with Crippen molar-refractivity contribution in [3.05, 3.63) is 29.6 Å². The first kappa shape index (κ1) is 15.8. The van der Waals surface area contributed by atoms with Crippen LogP contribution in [0.3, 0.4) is 0 Å². The van der Waals surface area contributed by atoms with E-state index in [0.29, 0.717) is 11.5 Å². The van der Waals surface area contributed by atoms with E-state index in [0.717, 1.165) is 26.1 Å². The third-order valence-corrected chi connectivity index (χ3v) is 5.62. The summed E-state index contributed by atoms with van der Waals surface area (Å²) in [6.07, 6.45) is 3.66. The van der Waals surface area contributed by atoms with Crippen LogP contribution in [-0.2, 0) is 4.74 Å². The molecule has 0 spiro atoms. The van der Waals surface area contributed by atoms with Gasteiger partial charge in [0.1, 0.15) is 0 Å². The van der Waals surface area contributed by atoms with Crippen LogP contribution in [0.25, 0.3) is 0 Å². The summed E-state index contributed by atoms with van der Waals surface area (Å²) < 4.78 is 24.4. The Labute approximate surface area is 141 Å². The number of fused-ring (bicyclic) bond motifs is 1. The van der Waals surface area contributed by atoms with Crippen molar-refractivity contribution in [1.82, 2.24) is 10.2 Å². The zero-order chi connectivity index (χ0) is 16.7. The highest BCUT2D eigenvalue weighted by atomic mass is 19.1. The fourth-order valence-corrected chi connectivity index (χ4v) is 4.38. The van der Waals surface area contributed by atoms with Crippen LogP contribution in [0.15, 0.2) is 18.2 Å². The molecule has 4 rings (SSSR count). The van der Waals surface area contributed by atoms with Gasteiger partial charge in [0.25, 0.3) is 5.91 Å². The minimum absolute atomic E-state index is 0.0921. The van der Waals surface area contributed by atoms with E-state index in [1.807, 2.05) is 0 Å². The van der Waals surface area contributed by atoms with Gasteiger partial charge in [-0.25, -0.2) is 4.39 Å². The molecule has 1 aromatic rings. The van der Waals surface area contributed by atoms with Crippen molar-refractivity contribution >= 4 is 5.91 Å². The number of ether oxygens (including phenoxy) is 2. The number of amides is 1. The molecule has 130 valence electrons. The van der Waals surface area contributed by atoms with Gasteiger partial charge in [0.15, 0.2) is 11.6 Å². The number of hydrogen-bond donors (Lipinski definition) is 1. The molecule has 5 nitrogen and oxygen atoms in total. The maximum atomic E-state index is 13.5. The summed E-state index contributed by atoms with van der Waals surface area (Å²) in [6.45, 7) is 2.93. The molecule has 2 heterocycles. The van der Waals surface area contributed by atoms with Gasteiger partial charge in [0, 0.05) is 18.1 Å². The highest BCUT2D eigenvalue weighted by Crippen LogP contribution is 2.43. The van der Waals surface area contributed by atoms with Crippen molar-refractivity contribution in [2.75, 3.05) is 26.8 Å². The zero-order valence-electron chi connectivity index (χ0n) is 13.8. The maximum Gasteiger partial charge on any atom is 0.251 e. The lowest BCUT2D eigenvalue weighted by Gasteiger charge is -2.51. The average Bonchev–Trinajstić information content (AvgIpc) is 3.24. The van der Waals surface area contributed by atoms with Gasteiger partial charge in [-0.05, 0) is 50.6 Å². The first-order valence-electron chi connectivity index (χ1n) is 8.69. The van der Waals surface area contributed by atoms with Gasteiger partial charge >= 0.3 is 0 Å². The summed E-state index contributed by atoms with van der Waals surface area (Å²) in [6, 6.07) is 4.61. The molecule has 0 radical (unpaired) electrons. The van der Waals surface area contributed by atoms with Crippen LogP contribution < -0.4 is 10.1 Å². The fourth-order valence-electron chi connectivity index (χ4n) is 4.38. The summed E-state index contributed by atoms with van der Waals surface area (Å²) in [7, 11) is 1.40. The standard InChI is InChI=1S/C18H23FN2O3/c1-23-14-10-11(4-5-13(14)19)18(22)20-15-12-6-9-24-17(12)16(15)21-7-2-3-8-21/h4-5,10,12,15-17H,2-3,6-9H2,1H3,(H,20,22)/t12-,15+,16-,17-/m1/s1. The third-order valence-electron chi connectivity index (χ3n) is 5.62. The molecule has 6 heteroatoms. The van der Waals surface area contributed by atoms with Crippen LogP contribution in [-0.4, -0.2) is 55.8 Å². The number of likely N-dealkylation sites (tertiary alicyclic amines) is 1. The van der Waals surface area contributed by atoms with E-state index in [-0.39, 0.29) is 29.8 Å². The number of carbonyl (C=O) groups is 1. The SMILES string of the molecule is COc1cc(C(=O)N[C@H]2[C@H]3CCO[C@H]3[C@@H]2N2CCCC2)ccc1F. The van der Waals surface area contributed by atoms with Crippen molar-refractivity contribution in [3.8, 4) is 5.75 Å². The molecule has 1 amide bonds. The Morgan fingerprint density at radius 1 is 1.38 bits per heavy atom. The van der Waals surface area contributed by atoms with Gasteiger partial charge < -0.3 is 14.8 Å². The summed E-state index contributed by atoms with van der Waals surface area (Å²) >= 11 is 0. The molecule has 0 aromatic heterocycles. The number of carbonyl (C=O) groups excluding carboxylic acids is 1. The maximum absolute atomic E-state index is 13.5. The van der Waals surface area contributed by atoms with Gasteiger partial charge in [0.2, 0.25) is 0 Å². The summed E-state index contributed by atoms with van der Waals surface area (Å²) in [5.41, 5.74) is 0.427. The molecule has 1 N–H and O–H groups in total. The van der Waals surface area contributed by atoms with E-state index in [1.54, 1.807) is 0 Å². The summed E-state index contributed by atoms with van der Waals surface area (Å²) in [5.74, 6) is -0.152. The first-order chi connectivity index (χ1) is 11.7. The molecular formula is C18H23FN2O3. The molecule has 3 aliphatic rings. The Hall–Kier alpha value is -1.66. The lowest BCUT2D eigenvalue weighted by Crippen LogP contribution is -2.70. The third kappa shape index (κ3) is 2.58. The predicted molar refractivity (Wildman–Crippen MR) is 86.6 cm³/mol. The van der Waals surface area contributed by atoms with Gasteiger partial charge in [-0.2, -0.15) is 0 Å². The van der Waals surface area contributed by atoms with Crippen LogP contribution in [0.1, 0.15) is 29.6 Å². The second kappa shape index (κ2) is 6.33. The number of benzene rings is 1. The Morgan fingerprint density at radius 3 is 2.92 bits per heavy atom. The number of nitrogens with zero attached hydrogens (tertiary/aromatic N) is 1. The number of halogens is 1. The highest BCUT2D eigenvalue weighted by molar-refractivity contribution is 5.95. The Bertz CT molecular complexity index is 628. The molecule has 0 unspecified atom stereocenters. The topological polar surface area (TPSA) is 50.8 Å². The molecule has 1 aromatic carbocycles. The van der Waals surface area contributed by atoms with Crippen molar-refractivity contribution in [2.45, 2.75) is 37.5 Å². The van der Waals surface area contributed by atoms with Gasteiger partial charge in [-0.3, -0.25) is 9.69 Å². The van der Waals surface area contributed by atoms with E-state index in [2.05, 4.69) is 10.2 Å². The number of nitrogens with one attached hydrogen (secondary N) is 1. The lowest BCUT2D eigenvalue weighted by atomic mass is 9.70. The zero-order valence-corrected chi connectivity index (χ0v) is 13.8. The van der Waals surface area contributed by atoms with E-state index in [1.165, 1.54) is 38.2 Å². The van der Waals surface area contributed by atoms with E-state index in [4.69, 9.17) is 9.47 Å². The van der Waals surface area contributed by atoms with E-state index < -0.39 is 5.82 Å². The molecule has 1 aliphatic carbocycles. The molecule has 24 heavy (non-hydrogen) atoms. The Kier molecular flexibility index (Phi) is 4.18. The largest absolute Gasteiger partial charge is 0.494 e. The smallest absolute Gasteiger partial charge is 0.251 e. The molecule has 2 saturated heterocycles. The van der Waals surface area contributed by atoms with Crippen LogP contribution in [0.4, 0.5) is 4.39 Å². The van der Waals surface area contributed by atoms with Gasteiger partial charge in [0.05, 0.1) is 25.3 Å². The summed E-state index contributed by atoms with van der Waals surface area (Å²) in [4.78, 5) is 15.1. The molecule has 4 atom stereocenters. The van der Waals surface area contributed by atoms with E-state index in [9.17, 15) is 9.18 Å². The van der Waals surface area contributed by atoms with Crippen LogP contribution >= 0.6 is 0 Å². The average molecular weight is 334 g/mol. The lowest BCUT2D eigenvalue weighted by molar-refractivity contribution is -0.0747. The molecular weight excluding hydrogens is 311 g/mol. The molecule has 1 saturated carbocycles. The predicted octanol–water partition coefficient (Wildman–Crippen LogP) is 1.82. The minimum Gasteiger partial charge on any atom is -0.494 e. The Balaban J connectivity index is 1.49. The minimum atomic E-state index is -0.461. The van der Waals surface area contributed by atoms with Crippen molar-refractivity contribution in [2.24, 2.45) is 5.92 Å². The number of methoxy groups -OCH3 is 1. The second-order valence-electron chi connectivity index (χ2n) is 6.87. The van der Waals surface area contributed by atoms with E-state index >= 15 is 0 Å². The second-order valence-corrected chi connectivity index (χ2v) is 6.87. The monoisotopic (exact) mass is 334 g/mol. The quantitative estimate of drug-likeness (QED) is 0.912. The van der Waals surface area contributed by atoms with Gasteiger partial charge in [-0.15, -0.1) is 0 Å². The van der Waals surface area contributed by atoms with Crippen molar-refractivity contribution in [1.29, 1.82) is 0 Å². The first-order valence-corrected chi connectivity index (χ1v) is 8.69.